The summed E-state index contributed by atoms with van der Waals surface area (Å²) in [6, 6.07) is 0.594. The standard InChI is InChI=1S/C10H17N3S/c1-8-10(14-7-12-8)6-13-4-2-3-9(13)5-11/h7,9H,2-6,11H2,1H3/t9-/m0/s1. The SMILES string of the molecule is Cc1ncsc1CN1CCC[C@H]1CN. The van der Waals surface area contributed by atoms with Crippen molar-refractivity contribution in [3.8, 4) is 0 Å². The summed E-state index contributed by atoms with van der Waals surface area (Å²) in [5, 5.41) is 0. The molecule has 2 heterocycles. The summed E-state index contributed by atoms with van der Waals surface area (Å²) in [5.41, 5.74) is 8.84. The Kier molecular flexibility index (Phi) is 3.15. The molecule has 2 N–H and O–H groups in total. The quantitative estimate of drug-likeness (QED) is 0.821. The Bertz CT molecular complexity index is 297. The molecule has 0 saturated carbocycles. The fourth-order valence-electron chi connectivity index (χ4n) is 2.03. The van der Waals surface area contributed by atoms with Crippen molar-refractivity contribution in [3.63, 3.8) is 0 Å². The maximum atomic E-state index is 5.74. The van der Waals surface area contributed by atoms with Gasteiger partial charge >= 0.3 is 0 Å². The van der Waals surface area contributed by atoms with Gasteiger partial charge in [-0.1, -0.05) is 0 Å². The van der Waals surface area contributed by atoms with Crippen molar-refractivity contribution < 1.29 is 0 Å². The van der Waals surface area contributed by atoms with Crippen LogP contribution in [0.25, 0.3) is 0 Å². The predicted octanol–water partition coefficient (Wildman–Crippen LogP) is 1.37. The van der Waals surface area contributed by atoms with Crippen LogP contribution < -0.4 is 5.73 Å². The highest BCUT2D eigenvalue weighted by Crippen LogP contribution is 2.22. The van der Waals surface area contributed by atoms with Crippen LogP contribution in [0.3, 0.4) is 0 Å². The summed E-state index contributed by atoms with van der Waals surface area (Å²) in [5.74, 6) is 0. The van der Waals surface area contributed by atoms with E-state index in [1.165, 1.54) is 30.0 Å². The number of thiazole rings is 1. The van der Waals surface area contributed by atoms with Crippen LogP contribution >= 0.6 is 11.3 Å². The molecule has 0 unspecified atom stereocenters. The van der Waals surface area contributed by atoms with E-state index in [9.17, 15) is 0 Å². The molecule has 4 heteroatoms. The highest BCUT2D eigenvalue weighted by molar-refractivity contribution is 7.09. The van der Waals surface area contributed by atoms with E-state index in [-0.39, 0.29) is 0 Å². The summed E-state index contributed by atoms with van der Waals surface area (Å²) >= 11 is 1.76. The fraction of sp³-hybridized carbons (Fsp3) is 0.700. The Morgan fingerprint density at radius 3 is 3.21 bits per heavy atom. The molecule has 0 bridgehead atoms. The van der Waals surface area contributed by atoms with Crippen molar-refractivity contribution in [1.29, 1.82) is 0 Å². The third kappa shape index (κ3) is 1.97. The second kappa shape index (κ2) is 4.38. The molecule has 1 saturated heterocycles. The molecule has 0 aliphatic carbocycles. The van der Waals surface area contributed by atoms with Crippen LogP contribution in [0.2, 0.25) is 0 Å². The van der Waals surface area contributed by atoms with Crippen LogP contribution in [0.4, 0.5) is 0 Å². The molecular formula is C10H17N3S. The zero-order valence-corrected chi connectivity index (χ0v) is 9.39. The first-order valence-corrected chi connectivity index (χ1v) is 6.02. The molecule has 14 heavy (non-hydrogen) atoms. The Morgan fingerprint density at radius 2 is 2.57 bits per heavy atom. The van der Waals surface area contributed by atoms with E-state index < -0.39 is 0 Å². The molecular weight excluding hydrogens is 194 g/mol. The van der Waals surface area contributed by atoms with Gasteiger partial charge in [0.05, 0.1) is 11.2 Å². The molecule has 0 radical (unpaired) electrons. The lowest BCUT2D eigenvalue weighted by molar-refractivity contribution is 0.252. The molecule has 1 fully saturated rings. The average molecular weight is 211 g/mol. The number of hydrogen-bond acceptors (Lipinski definition) is 4. The molecule has 1 aromatic heterocycles. The second-order valence-corrected chi connectivity index (χ2v) is 4.80. The first kappa shape index (κ1) is 10.1. The normalized spacial score (nSPS) is 23.1. The summed E-state index contributed by atoms with van der Waals surface area (Å²) in [4.78, 5) is 8.15. The number of aryl methyl sites for hydroxylation is 1. The summed E-state index contributed by atoms with van der Waals surface area (Å²) in [6.07, 6.45) is 2.55. The lowest BCUT2D eigenvalue weighted by atomic mass is 10.2. The number of nitrogens with zero attached hydrogens (tertiary/aromatic N) is 2. The molecule has 78 valence electrons. The van der Waals surface area contributed by atoms with Gasteiger partial charge in [0.1, 0.15) is 0 Å². The summed E-state index contributed by atoms with van der Waals surface area (Å²) < 4.78 is 0. The van der Waals surface area contributed by atoms with Crippen LogP contribution in [0.1, 0.15) is 23.4 Å². The number of likely N-dealkylation sites (tertiary alicyclic amines) is 1. The highest BCUT2D eigenvalue weighted by atomic mass is 32.1. The molecule has 1 aromatic rings. The molecule has 1 aliphatic rings. The van der Waals surface area contributed by atoms with Gasteiger partial charge in [-0.25, -0.2) is 4.98 Å². The third-order valence-electron chi connectivity index (χ3n) is 2.96. The number of nitrogens with two attached hydrogens (primary N) is 1. The number of aromatic nitrogens is 1. The van der Waals surface area contributed by atoms with Crippen molar-refractivity contribution in [2.75, 3.05) is 13.1 Å². The van der Waals surface area contributed by atoms with Crippen molar-refractivity contribution in [3.05, 3.63) is 16.1 Å². The molecule has 1 atom stereocenters. The van der Waals surface area contributed by atoms with E-state index in [1.807, 2.05) is 5.51 Å². The van der Waals surface area contributed by atoms with E-state index in [0.717, 1.165) is 13.1 Å². The molecule has 0 spiro atoms. The maximum absolute atomic E-state index is 5.74. The van der Waals surface area contributed by atoms with Crippen molar-refractivity contribution in [2.24, 2.45) is 5.73 Å². The average Bonchev–Trinajstić information content (AvgIpc) is 2.77. The fourth-order valence-corrected chi connectivity index (χ4v) is 2.83. The maximum Gasteiger partial charge on any atom is 0.0798 e. The van der Waals surface area contributed by atoms with Gasteiger partial charge in [-0.2, -0.15) is 0 Å². The largest absolute Gasteiger partial charge is 0.329 e. The van der Waals surface area contributed by atoms with Crippen LogP contribution in [0, 0.1) is 6.92 Å². The predicted molar refractivity (Wildman–Crippen MR) is 59.3 cm³/mol. The molecule has 0 amide bonds. The Labute approximate surface area is 88.9 Å². The van der Waals surface area contributed by atoms with Crippen molar-refractivity contribution >= 4 is 11.3 Å². The van der Waals surface area contributed by atoms with Gasteiger partial charge in [-0.15, -0.1) is 11.3 Å². The third-order valence-corrected chi connectivity index (χ3v) is 3.88. The smallest absolute Gasteiger partial charge is 0.0798 e. The lowest BCUT2D eigenvalue weighted by Crippen LogP contribution is -2.34. The zero-order chi connectivity index (χ0) is 9.97. The molecule has 3 nitrogen and oxygen atoms in total. The molecule has 2 rings (SSSR count). The first-order chi connectivity index (χ1) is 6.81. The van der Waals surface area contributed by atoms with Gasteiger partial charge in [-0.05, 0) is 26.3 Å². The molecule has 1 aliphatic heterocycles. The summed E-state index contributed by atoms with van der Waals surface area (Å²) in [7, 11) is 0. The van der Waals surface area contributed by atoms with E-state index in [2.05, 4.69) is 16.8 Å². The number of rotatable bonds is 3. The van der Waals surface area contributed by atoms with Gasteiger partial charge in [-0.3, -0.25) is 4.90 Å². The van der Waals surface area contributed by atoms with Crippen LogP contribution in [0.15, 0.2) is 5.51 Å². The summed E-state index contributed by atoms with van der Waals surface area (Å²) in [6.45, 7) is 5.11. The number of hydrogen-bond donors (Lipinski definition) is 1. The van der Waals surface area contributed by atoms with E-state index in [4.69, 9.17) is 5.73 Å². The highest BCUT2D eigenvalue weighted by Gasteiger charge is 2.23. The Balaban J connectivity index is 2.00. The van der Waals surface area contributed by atoms with Gasteiger partial charge in [0.25, 0.3) is 0 Å². The van der Waals surface area contributed by atoms with E-state index in [1.54, 1.807) is 11.3 Å². The minimum absolute atomic E-state index is 0.594. The van der Waals surface area contributed by atoms with Crippen LogP contribution in [-0.2, 0) is 6.54 Å². The van der Waals surface area contributed by atoms with Gasteiger partial charge in [0, 0.05) is 24.0 Å². The van der Waals surface area contributed by atoms with E-state index in [0.29, 0.717) is 6.04 Å². The van der Waals surface area contributed by atoms with Crippen molar-refractivity contribution in [1.82, 2.24) is 9.88 Å². The second-order valence-electron chi connectivity index (χ2n) is 3.86. The van der Waals surface area contributed by atoms with Crippen molar-refractivity contribution in [2.45, 2.75) is 32.4 Å². The topological polar surface area (TPSA) is 42.2 Å². The Morgan fingerprint density at radius 1 is 1.71 bits per heavy atom. The van der Waals surface area contributed by atoms with Gasteiger partial charge < -0.3 is 5.73 Å². The van der Waals surface area contributed by atoms with Gasteiger partial charge in [0.15, 0.2) is 0 Å². The minimum atomic E-state index is 0.594. The van der Waals surface area contributed by atoms with Crippen LogP contribution in [-0.4, -0.2) is 29.0 Å². The monoisotopic (exact) mass is 211 g/mol. The first-order valence-electron chi connectivity index (χ1n) is 5.14. The van der Waals surface area contributed by atoms with Crippen LogP contribution in [0.5, 0.6) is 0 Å². The lowest BCUT2D eigenvalue weighted by Gasteiger charge is -2.22. The zero-order valence-electron chi connectivity index (χ0n) is 8.57. The van der Waals surface area contributed by atoms with E-state index >= 15 is 0 Å². The Hall–Kier alpha value is -0.450. The molecule has 0 aromatic carbocycles. The van der Waals surface area contributed by atoms with Gasteiger partial charge in [0.2, 0.25) is 0 Å². The minimum Gasteiger partial charge on any atom is -0.329 e.